The molecule has 0 spiro atoms. The summed E-state index contributed by atoms with van der Waals surface area (Å²) in [6.07, 6.45) is 5.28. The van der Waals surface area contributed by atoms with Gasteiger partial charge in [0.1, 0.15) is 12.4 Å². The number of β-amino-alcohol motifs (C(OH)–C–C–N with tert-alkyl or cyclic N) is 1. The largest absolute Gasteiger partial charge is 0.491 e. The second kappa shape index (κ2) is 12.6. The van der Waals surface area contributed by atoms with Crippen LogP contribution in [0.4, 0.5) is 0 Å². The van der Waals surface area contributed by atoms with Crippen LogP contribution in [-0.2, 0) is 0 Å². The van der Waals surface area contributed by atoms with Gasteiger partial charge in [-0.1, -0.05) is 24.8 Å². The van der Waals surface area contributed by atoms with Gasteiger partial charge >= 0.3 is 0 Å². The maximum absolute atomic E-state index is 9.92. The SMILES string of the molecule is C=C(/C=N\C(C)=C/C)CCN(C)[C@H](CN1CCC(O)C1)c1ccc(OCCO)cc1. The molecule has 1 aliphatic rings. The number of nitrogens with zero attached hydrogens (tertiary/aromatic N) is 3. The maximum Gasteiger partial charge on any atom is 0.119 e. The van der Waals surface area contributed by atoms with Crippen LogP contribution in [0.15, 0.2) is 53.2 Å². The summed E-state index contributed by atoms with van der Waals surface area (Å²) in [4.78, 5) is 9.07. The number of aliphatic imine (C=N–C) groups is 1. The van der Waals surface area contributed by atoms with Gasteiger partial charge in [0.15, 0.2) is 0 Å². The van der Waals surface area contributed by atoms with Crippen molar-refractivity contribution in [1.82, 2.24) is 9.80 Å². The van der Waals surface area contributed by atoms with Gasteiger partial charge in [-0.05, 0) is 57.0 Å². The fourth-order valence-corrected chi connectivity index (χ4v) is 3.48. The number of aliphatic hydroxyl groups is 2. The van der Waals surface area contributed by atoms with Crippen molar-refractivity contribution >= 4 is 6.21 Å². The minimum absolute atomic E-state index is 0.00512. The molecule has 2 atom stereocenters. The summed E-state index contributed by atoms with van der Waals surface area (Å²) in [5.41, 5.74) is 3.20. The normalized spacial score (nSPS) is 19.0. The highest BCUT2D eigenvalue weighted by Gasteiger charge is 2.26. The van der Waals surface area contributed by atoms with E-state index >= 15 is 0 Å². The number of hydrogen-bond donors (Lipinski definition) is 2. The molecule has 6 heteroatoms. The van der Waals surface area contributed by atoms with Crippen LogP contribution in [-0.4, -0.2) is 78.8 Å². The Labute approximate surface area is 181 Å². The summed E-state index contributed by atoms with van der Waals surface area (Å²) in [5.74, 6) is 0.759. The lowest BCUT2D eigenvalue weighted by Crippen LogP contribution is -2.36. The Bertz CT molecular complexity index is 715. The van der Waals surface area contributed by atoms with E-state index in [4.69, 9.17) is 9.84 Å². The Morgan fingerprint density at radius 1 is 1.40 bits per heavy atom. The monoisotopic (exact) mass is 415 g/mol. The summed E-state index contributed by atoms with van der Waals surface area (Å²) < 4.78 is 5.49. The van der Waals surface area contributed by atoms with Gasteiger partial charge in [-0.15, -0.1) is 0 Å². The van der Waals surface area contributed by atoms with E-state index in [0.717, 1.165) is 56.0 Å². The van der Waals surface area contributed by atoms with Gasteiger partial charge in [0, 0.05) is 44.1 Å². The zero-order chi connectivity index (χ0) is 21.9. The molecule has 1 saturated heterocycles. The molecule has 2 rings (SSSR count). The van der Waals surface area contributed by atoms with E-state index < -0.39 is 0 Å². The molecule has 2 N–H and O–H groups in total. The highest BCUT2D eigenvalue weighted by molar-refractivity contribution is 5.78. The van der Waals surface area contributed by atoms with Crippen LogP contribution in [0.5, 0.6) is 5.75 Å². The van der Waals surface area contributed by atoms with Crippen LogP contribution in [0.3, 0.4) is 0 Å². The molecule has 1 unspecified atom stereocenters. The summed E-state index contributed by atoms with van der Waals surface area (Å²) in [6, 6.07) is 8.29. The van der Waals surface area contributed by atoms with Gasteiger partial charge in [0.25, 0.3) is 0 Å². The molecule has 0 bridgehead atoms. The summed E-state index contributed by atoms with van der Waals surface area (Å²) in [5, 5.41) is 18.9. The fraction of sp³-hybridized carbons (Fsp3) is 0.542. The molecule has 0 saturated carbocycles. The highest BCUT2D eigenvalue weighted by Crippen LogP contribution is 2.25. The number of rotatable bonds is 12. The van der Waals surface area contributed by atoms with Crippen LogP contribution >= 0.6 is 0 Å². The molecule has 0 amide bonds. The van der Waals surface area contributed by atoms with Crippen LogP contribution in [0, 0.1) is 0 Å². The van der Waals surface area contributed by atoms with Crippen LogP contribution in [0.25, 0.3) is 0 Å². The Morgan fingerprint density at radius 2 is 2.13 bits per heavy atom. The zero-order valence-electron chi connectivity index (χ0n) is 18.6. The molecule has 0 aromatic heterocycles. The second-order valence-corrected chi connectivity index (χ2v) is 7.94. The van der Waals surface area contributed by atoms with Gasteiger partial charge in [-0.3, -0.25) is 14.8 Å². The number of allylic oxidation sites excluding steroid dienone is 2. The smallest absolute Gasteiger partial charge is 0.119 e. The first-order chi connectivity index (χ1) is 14.4. The van der Waals surface area contributed by atoms with Crippen LogP contribution in [0.2, 0.25) is 0 Å². The number of aliphatic hydroxyl groups excluding tert-OH is 2. The molecule has 6 nitrogen and oxygen atoms in total. The van der Waals surface area contributed by atoms with Gasteiger partial charge < -0.3 is 14.9 Å². The lowest BCUT2D eigenvalue weighted by Gasteiger charge is -2.32. The molecule has 1 heterocycles. The number of benzene rings is 1. The zero-order valence-corrected chi connectivity index (χ0v) is 18.6. The molecular formula is C24H37N3O3. The predicted octanol–water partition coefficient (Wildman–Crippen LogP) is 3.04. The minimum atomic E-state index is -0.226. The summed E-state index contributed by atoms with van der Waals surface area (Å²) in [7, 11) is 2.13. The quantitative estimate of drug-likeness (QED) is 0.514. The van der Waals surface area contributed by atoms with Crippen molar-refractivity contribution in [2.45, 2.75) is 38.8 Å². The van der Waals surface area contributed by atoms with Crippen molar-refractivity contribution in [3.63, 3.8) is 0 Å². The fourth-order valence-electron chi connectivity index (χ4n) is 3.48. The van der Waals surface area contributed by atoms with Crippen molar-refractivity contribution in [2.75, 3.05) is 46.4 Å². The van der Waals surface area contributed by atoms with Crippen molar-refractivity contribution in [1.29, 1.82) is 0 Å². The second-order valence-electron chi connectivity index (χ2n) is 7.94. The van der Waals surface area contributed by atoms with Crippen LogP contribution in [0.1, 0.15) is 38.3 Å². The topological polar surface area (TPSA) is 68.5 Å². The molecule has 30 heavy (non-hydrogen) atoms. The molecule has 1 aromatic rings. The van der Waals surface area contributed by atoms with Crippen molar-refractivity contribution in [3.05, 3.63) is 53.8 Å². The first kappa shape index (κ1) is 24.3. The van der Waals surface area contributed by atoms with Gasteiger partial charge in [0.05, 0.1) is 12.7 Å². The number of hydrogen-bond acceptors (Lipinski definition) is 6. The lowest BCUT2D eigenvalue weighted by molar-refractivity contribution is 0.150. The third kappa shape index (κ3) is 8.03. The Morgan fingerprint density at radius 3 is 2.73 bits per heavy atom. The van der Waals surface area contributed by atoms with E-state index in [-0.39, 0.29) is 18.8 Å². The third-order valence-corrected chi connectivity index (χ3v) is 5.49. The van der Waals surface area contributed by atoms with E-state index in [1.807, 2.05) is 38.3 Å². The molecular weight excluding hydrogens is 378 g/mol. The van der Waals surface area contributed by atoms with Crippen molar-refractivity contribution in [2.24, 2.45) is 4.99 Å². The van der Waals surface area contributed by atoms with E-state index in [1.54, 1.807) is 0 Å². The first-order valence-corrected chi connectivity index (χ1v) is 10.7. The average Bonchev–Trinajstić information content (AvgIpc) is 3.17. The molecule has 166 valence electrons. The summed E-state index contributed by atoms with van der Waals surface area (Å²) in [6.45, 7) is 11.8. The predicted molar refractivity (Wildman–Crippen MR) is 123 cm³/mol. The number of likely N-dealkylation sites (tertiary alicyclic amines) is 1. The van der Waals surface area contributed by atoms with Crippen molar-refractivity contribution < 1.29 is 14.9 Å². The van der Waals surface area contributed by atoms with Crippen molar-refractivity contribution in [3.8, 4) is 5.75 Å². The minimum Gasteiger partial charge on any atom is -0.491 e. The van der Waals surface area contributed by atoms with E-state index in [1.165, 1.54) is 5.56 Å². The molecule has 1 fully saturated rings. The maximum atomic E-state index is 9.92. The Hall–Kier alpha value is -1.99. The van der Waals surface area contributed by atoms with E-state index in [0.29, 0.717) is 6.61 Å². The lowest BCUT2D eigenvalue weighted by atomic mass is 10.0. The van der Waals surface area contributed by atoms with E-state index in [9.17, 15) is 5.11 Å². The average molecular weight is 416 g/mol. The first-order valence-electron chi connectivity index (χ1n) is 10.7. The molecule has 0 radical (unpaired) electrons. The molecule has 0 aliphatic carbocycles. The Kier molecular flexibility index (Phi) is 10.2. The van der Waals surface area contributed by atoms with Crippen LogP contribution < -0.4 is 4.74 Å². The third-order valence-electron chi connectivity index (χ3n) is 5.49. The van der Waals surface area contributed by atoms with E-state index in [2.05, 4.69) is 40.6 Å². The van der Waals surface area contributed by atoms with Gasteiger partial charge in [0.2, 0.25) is 0 Å². The number of likely N-dealkylation sites (N-methyl/N-ethyl adjacent to an activating group) is 1. The molecule has 1 aromatic carbocycles. The Balaban J connectivity index is 2.04. The number of ether oxygens (including phenoxy) is 1. The summed E-state index contributed by atoms with van der Waals surface area (Å²) >= 11 is 0. The van der Waals surface area contributed by atoms with Gasteiger partial charge in [-0.25, -0.2) is 0 Å². The molecule has 1 aliphatic heterocycles. The highest BCUT2D eigenvalue weighted by atomic mass is 16.5. The van der Waals surface area contributed by atoms with Gasteiger partial charge in [-0.2, -0.15) is 0 Å². The standard InChI is InChI=1S/C24H37N3O3/c1-5-20(3)25-16-19(2)10-12-26(4)24(18-27-13-11-22(29)17-27)21-6-8-23(9-7-21)30-15-14-28/h5-9,16,22,24,28-29H,2,10-15,17-18H2,1,3-4H3/b20-5-,25-16-/t22?,24-/m1/s1.